The summed E-state index contributed by atoms with van der Waals surface area (Å²) in [5, 5.41) is 17.4. The maximum atomic E-state index is 12.4. The van der Waals surface area contributed by atoms with E-state index < -0.39 is 11.0 Å². The highest BCUT2D eigenvalue weighted by Gasteiger charge is 2.30. The highest BCUT2D eigenvalue weighted by atomic mass is 32.1. The number of Topliss-reactive ketones (excluding diaryl/α,β-unsaturated/α-hetero) is 1. The van der Waals surface area contributed by atoms with E-state index in [9.17, 15) is 14.9 Å². The van der Waals surface area contributed by atoms with E-state index in [4.69, 9.17) is 12.2 Å². The second-order valence-electron chi connectivity index (χ2n) is 5.59. The van der Waals surface area contributed by atoms with Crippen molar-refractivity contribution in [2.45, 2.75) is 13.0 Å². The van der Waals surface area contributed by atoms with E-state index in [-0.39, 0.29) is 11.5 Å². The van der Waals surface area contributed by atoms with Crippen molar-refractivity contribution in [3.8, 4) is 0 Å². The molecule has 0 unspecified atom stereocenters. The van der Waals surface area contributed by atoms with Gasteiger partial charge in [-0.2, -0.15) is 0 Å². The van der Waals surface area contributed by atoms with Gasteiger partial charge in [0.2, 0.25) is 0 Å². The van der Waals surface area contributed by atoms with Crippen molar-refractivity contribution in [3.63, 3.8) is 0 Å². The zero-order valence-corrected chi connectivity index (χ0v) is 14.2. The van der Waals surface area contributed by atoms with Crippen LogP contribution >= 0.6 is 12.2 Å². The van der Waals surface area contributed by atoms with Gasteiger partial charge in [-0.1, -0.05) is 30.3 Å². The van der Waals surface area contributed by atoms with Crippen molar-refractivity contribution < 1.29 is 9.72 Å². The third-order valence-corrected chi connectivity index (χ3v) is 4.17. The van der Waals surface area contributed by atoms with E-state index in [1.807, 2.05) is 30.3 Å². The smallest absolute Gasteiger partial charge is 0.269 e. The van der Waals surface area contributed by atoms with Crippen LogP contribution in [0.2, 0.25) is 0 Å². The zero-order valence-electron chi connectivity index (χ0n) is 13.4. The van der Waals surface area contributed by atoms with Crippen molar-refractivity contribution >= 4 is 34.5 Å². The quantitative estimate of drug-likeness (QED) is 0.499. The van der Waals surface area contributed by atoms with Gasteiger partial charge in [0.25, 0.3) is 5.69 Å². The lowest BCUT2D eigenvalue weighted by Crippen LogP contribution is -2.44. The lowest BCUT2D eigenvalue weighted by atomic mass is 9.90. The van der Waals surface area contributed by atoms with E-state index in [2.05, 4.69) is 10.6 Å². The van der Waals surface area contributed by atoms with Crippen LogP contribution in [0.3, 0.4) is 0 Å². The van der Waals surface area contributed by atoms with Crippen LogP contribution in [-0.4, -0.2) is 15.8 Å². The van der Waals surface area contributed by atoms with Crippen LogP contribution in [-0.2, 0) is 4.79 Å². The van der Waals surface area contributed by atoms with Crippen LogP contribution in [0.25, 0.3) is 5.70 Å². The summed E-state index contributed by atoms with van der Waals surface area (Å²) in [5.74, 6) is -0.107. The number of ketones is 1. The first kappa shape index (κ1) is 16.8. The number of nitrogens with one attached hydrogen (secondary N) is 2. The Morgan fingerprint density at radius 2 is 1.76 bits per heavy atom. The number of thiocarbonyl (C=S) groups is 1. The number of carbonyl (C=O) groups is 1. The Balaban J connectivity index is 2.12. The van der Waals surface area contributed by atoms with E-state index in [0.717, 1.165) is 11.1 Å². The van der Waals surface area contributed by atoms with Crippen molar-refractivity contribution in [2.75, 3.05) is 0 Å². The van der Waals surface area contributed by atoms with Gasteiger partial charge in [0.05, 0.1) is 16.7 Å². The average molecular weight is 353 g/mol. The Bertz CT molecular complexity index is 876. The Morgan fingerprint density at radius 3 is 2.32 bits per heavy atom. The Labute approximate surface area is 149 Å². The van der Waals surface area contributed by atoms with Gasteiger partial charge in [-0.25, -0.2) is 0 Å². The normalized spacial score (nSPS) is 16.8. The molecule has 2 N–H and O–H groups in total. The maximum Gasteiger partial charge on any atom is 0.269 e. The number of hydrogen-bond donors (Lipinski definition) is 2. The van der Waals surface area contributed by atoms with E-state index in [0.29, 0.717) is 16.4 Å². The van der Waals surface area contributed by atoms with Gasteiger partial charge in [-0.3, -0.25) is 14.9 Å². The number of nitro groups is 1. The van der Waals surface area contributed by atoms with E-state index in [1.165, 1.54) is 19.1 Å². The first-order valence-electron chi connectivity index (χ1n) is 7.60. The van der Waals surface area contributed by atoms with Crippen LogP contribution in [0, 0.1) is 10.1 Å². The summed E-state index contributed by atoms with van der Waals surface area (Å²) in [5.41, 5.74) is 2.77. The highest BCUT2D eigenvalue weighted by molar-refractivity contribution is 7.80. The van der Waals surface area contributed by atoms with Gasteiger partial charge in [-0.05, 0) is 42.4 Å². The molecule has 0 fully saturated rings. The third-order valence-electron chi connectivity index (χ3n) is 3.95. The molecule has 1 aliphatic rings. The SMILES string of the molecule is CC(=O)C1=C(c2ccccc2)NC(=S)N[C@@H]1c1ccc([N+](=O)[O-])cc1. The molecule has 0 radical (unpaired) electrons. The van der Waals surface area contributed by atoms with Crippen LogP contribution in [0.5, 0.6) is 0 Å². The molecule has 2 aromatic rings. The lowest BCUT2D eigenvalue weighted by Gasteiger charge is -2.31. The molecular formula is C18H15N3O3S. The molecule has 0 saturated heterocycles. The minimum atomic E-state index is -0.470. The molecule has 0 saturated carbocycles. The number of non-ortho nitro benzene ring substituents is 1. The largest absolute Gasteiger partial charge is 0.351 e. The number of rotatable bonds is 4. The van der Waals surface area contributed by atoms with Gasteiger partial charge in [0.1, 0.15) is 0 Å². The molecule has 0 bridgehead atoms. The average Bonchev–Trinajstić information content (AvgIpc) is 2.61. The molecule has 6 nitrogen and oxygen atoms in total. The summed E-state index contributed by atoms with van der Waals surface area (Å²) >= 11 is 5.29. The fraction of sp³-hybridized carbons (Fsp3) is 0.111. The first-order chi connectivity index (χ1) is 12.0. The van der Waals surface area contributed by atoms with Gasteiger partial charge < -0.3 is 10.6 Å². The maximum absolute atomic E-state index is 12.4. The Kier molecular flexibility index (Phi) is 4.58. The minimum Gasteiger partial charge on any atom is -0.351 e. The van der Waals surface area contributed by atoms with E-state index >= 15 is 0 Å². The molecule has 2 aromatic carbocycles. The molecule has 1 atom stereocenters. The number of benzene rings is 2. The van der Waals surface area contributed by atoms with E-state index in [1.54, 1.807) is 12.1 Å². The molecule has 1 heterocycles. The molecule has 7 heteroatoms. The predicted octanol–water partition coefficient (Wildman–Crippen LogP) is 3.11. The summed E-state index contributed by atoms with van der Waals surface area (Å²) in [4.78, 5) is 22.7. The van der Waals surface area contributed by atoms with Crippen molar-refractivity contribution in [3.05, 3.63) is 81.4 Å². The third kappa shape index (κ3) is 3.41. The standard InChI is InChI=1S/C18H15N3O3S/c1-11(22)15-16(12-5-3-2-4-6-12)19-18(25)20-17(15)13-7-9-14(10-8-13)21(23)24/h2-10,17H,1H3,(H2,19,20,25)/t17-/m1/s1. The van der Waals surface area contributed by atoms with Gasteiger partial charge >= 0.3 is 0 Å². The van der Waals surface area contributed by atoms with Crippen LogP contribution in [0.4, 0.5) is 5.69 Å². The number of nitro benzene ring substituents is 1. The first-order valence-corrected chi connectivity index (χ1v) is 8.00. The number of carbonyl (C=O) groups excluding carboxylic acids is 1. The van der Waals surface area contributed by atoms with Gasteiger partial charge in [0, 0.05) is 17.7 Å². The van der Waals surface area contributed by atoms with Crippen LogP contribution in [0.1, 0.15) is 24.1 Å². The number of hydrogen-bond acceptors (Lipinski definition) is 4. The summed E-state index contributed by atoms with van der Waals surface area (Å²) in [7, 11) is 0. The minimum absolute atomic E-state index is 0.00287. The van der Waals surface area contributed by atoms with Crippen LogP contribution in [0.15, 0.2) is 60.2 Å². The molecule has 126 valence electrons. The van der Waals surface area contributed by atoms with Crippen molar-refractivity contribution in [1.82, 2.24) is 10.6 Å². The van der Waals surface area contributed by atoms with Gasteiger partial charge in [0.15, 0.2) is 10.9 Å². The Hall–Kier alpha value is -3.06. The summed E-state index contributed by atoms with van der Waals surface area (Å²) in [6, 6.07) is 15.1. The zero-order chi connectivity index (χ0) is 18.0. The molecule has 0 spiro atoms. The summed E-state index contributed by atoms with van der Waals surface area (Å²) in [6.07, 6.45) is 0. The summed E-state index contributed by atoms with van der Waals surface area (Å²) in [6.45, 7) is 1.49. The fourth-order valence-electron chi connectivity index (χ4n) is 2.81. The highest BCUT2D eigenvalue weighted by Crippen LogP contribution is 2.32. The molecule has 0 aromatic heterocycles. The molecule has 0 aliphatic carbocycles. The monoisotopic (exact) mass is 353 g/mol. The summed E-state index contributed by atoms with van der Waals surface area (Å²) < 4.78 is 0. The van der Waals surface area contributed by atoms with Gasteiger partial charge in [-0.15, -0.1) is 0 Å². The lowest BCUT2D eigenvalue weighted by molar-refractivity contribution is -0.384. The predicted molar refractivity (Wildman–Crippen MR) is 98.7 cm³/mol. The topological polar surface area (TPSA) is 84.3 Å². The molecular weight excluding hydrogens is 338 g/mol. The second-order valence-corrected chi connectivity index (χ2v) is 6.00. The van der Waals surface area contributed by atoms with Crippen molar-refractivity contribution in [1.29, 1.82) is 0 Å². The fourth-order valence-corrected chi connectivity index (χ4v) is 3.03. The van der Waals surface area contributed by atoms with Crippen LogP contribution < -0.4 is 10.6 Å². The second kappa shape index (κ2) is 6.82. The van der Waals surface area contributed by atoms with Crippen molar-refractivity contribution in [2.24, 2.45) is 0 Å². The molecule has 1 aliphatic heterocycles. The molecule has 25 heavy (non-hydrogen) atoms. The Morgan fingerprint density at radius 1 is 1.12 bits per heavy atom. The number of nitrogens with zero attached hydrogens (tertiary/aromatic N) is 1. The molecule has 0 amide bonds. The molecule has 3 rings (SSSR count).